The highest BCUT2D eigenvalue weighted by atomic mass is 35.5. The summed E-state index contributed by atoms with van der Waals surface area (Å²) >= 11 is 6.33. The van der Waals surface area contributed by atoms with Gasteiger partial charge in [-0.1, -0.05) is 25.4 Å². The van der Waals surface area contributed by atoms with Crippen molar-refractivity contribution in [2.24, 2.45) is 11.8 Å². The van der Waals surface area contributed by atoms with Crippen LogP contribution < -0.4 is 9.47 Å². The minimum atomic E-state index is -0.214. The summed E-state index contributed by atoms with van der Waals surface area (Å²) in [6.07, 6.45) is 1.19. The lowest BCUT2D eigenvalue weighted by molar-refractivity contribution is -0.146. The average Bonchev–Trinajstić information content (AvgIpc) is 2.65. The Morgan fingerprint density at radius 3 is 2.42 bits per heavy atom. The number of nitrogens with zero attached hydrogens (tertiary/aromatic N) is 1. The average molecular weight is 384 g/mol. The molecule has 26 heavy (non-hydrogen) atoms. The minimum Gasteiger partial charge on any atom is -0.493 e. The molecule has 144 valence electrons. The molecule has 6 nitrogen and oxygen atoms in total. The highest BCUT2D eigenvalue weighted by Gasteiger charge is 2.29. The Labute approximate surface area is 159 Å². The fraction of sp³-hybridized carbons (Fsp3) is 0.579. The fourth-order valence-electron chi connectivity index (χ4n) is 2.90. The quantitative estimate of drug-likeness (QED) is 0.704. The Balaban J connectivity index is 2.12. The third-order valence-electron chi connectivity index (χ3n) is 4.35. The lowest BCUT2D eigenvalue weighted by Crippen LogP contribution is -2.40. The first-order chi connectivity index (χ1) is 12.4. The summed E-state index contributed by atoms with van der Waals surface area (Å²) in [5.74, 6) is 0.731. The highest BCUT2D eigenvalue weighted by Crippen LogP contribution is 2.37. The van der Waals surface area contributed by atoms with E-state index >= 15 is 0 Å². The lowest BCUT2D eigenvalue weighted by atomic mass is 9.96. The van der Waals surface area contributed by atoms with Crippen LogP contribution in [0.4, 0.5) is 0 Å². The molecule has 1 aliphatic rings. The molecule has 0 aliphatic carbocycles. The summed E-state index contributed by atoms with van der Waals surface area (Å²) in [6, 6.07) is 3.25. The highest BCUT2D eigenvalue weighted by molar-refractivity contribution is 6.32. The van der Waals surface area contributed by atoms with Crippen molar-refractivity contribution in [2.45, 2.75) is 26.7 Å². The number of piperidine rings is 1. The van der Waals surface area contributed by atoms with Gasteiger partial charge in [0.25, 0.3) is 5.91 Å². The minimum absolute atomic E-state index is 0.135. The zero-order valence-corrected chi connectivity index (χ0v) is 16.5. The van der Waals surface area contributed by atoms with Crippen molar-refractivity contribution < 1.29 is 23.8 Å². The van der Waals surface area contributed by atoms with Gasteiger partial charge in [-0.3, -0.25) is 9.59 Å². The van der Waals surface area contributed by atoms with E-state index in [1.807, 2.05) is 13.8 Å². The summed E-state index contributed by atoms with van der Waals surface area (Å²) in [6.45, 7) is 5.59. The number of halogens is 1. The predicted molar refractivity (Wildman–Crippen MR) is 99.0 cm³/mol. The van der Waals surface area contributed by atoms with Crippen LogP contribution in [0.5, 0.6) is 11.5 Å². The Morgan fingerprint density at radius 2 is 1.88 bits per heavy atom. The smallest absolute Gasteiger partial charge is 0.308 e. The van der Waals surface area contributed by atoms with E-state index in [0.717, 1.165) is 0 Å². The first kappa shape index (κ1) is 20.4. The molecule has 0 spiro atoms. The van der Waals surface area contributed by atoms with E-state index in [-0.39, 0.29) is 17.8 Å². The Kier molecular flexibility index (Phi) is 7.14. The van der Waals surface area contributed by atoms with Crippen molar-refractivity contribution in [2.75, 3.05) is 33.9 Å². The van der Waals surface area contributed by atoms with Gasteiger partial charge in [-0.25, -0.2) is 0 Å². The second kappa shape index (κ2) is 9.12. The number of likely N-dealkylation sites (tertiary alicyclic amines) is 1. The molecule has 0 radical (unpaired) electrons. The normalized spacial score (nSPS) is 15.1. The predicted octanol–water partition coefficient (Wildman–Crippen LogP) is 3.41. The first-order valence-corrected chi connectivity index (χ1v) is 9.12. The van der Waals surface area contributed by atoms with Gasteiger partial charge in [0.05, 0.1) is 31.8 Å². The van der Waals surface area contributed by atoms with Gasteiger partial charge in [0.1, 0.15) is 0 Å². The number of hydrogen-bond donors (Lipinski definition) is 0. The maximum Gasteiger partial charge on any atom is 0.308 e. The topological polar surface area (TPSA) is 65.1 Å². The van der Waals surface area contributed by atoms with Gasteiger partial charge in [0.2, 0.25) is 0 Å². The number of hydrogen-bond acceptors (Lipinski definition) is 5. The largest absolute Gasteiger partial charge is 0.493 e. The molecule has 7 heteroatoms. The second-order valence-corrected chi connectivity index (χ2v) is 7.19. The number of benzene rings is 1. The van der Waals surface area contributed by atoms with Gasteiger partial charge < -0.3 is 19.1 Å². The van der Waals surface area contributed by atoms with Gasteiger partial charge >= 0.3 is 5.97 Å². The van der Waals surface area contributed by atoms with E-state index in [1.165, 1.54) is 14.2 Å². The van der Waals surface area contributed by atoms with Crippen LogP contribution in [0.1, 0.15) is 37.0 Å². The number of rotatable bonds is 6. The van der Waals surface area contributed by atoms with Crippen LogP contribution in [0.2, 0.25) is 5.02 Å². The van der Waals surface area contributed by atoms with Crippen LogP contribution in [-0.2, 0) is 9.53 Å². The van der Waals surface area contributed by atoms with Crippen molar-refractivity contribution >= 4 is 23.5 Å². The summed E-state index contributed by atoms with van der Waals surface area (Å²) in [5.41, 5.74) is 0.445. The number of amides is 1. The Hall–Kier alpha value is -1.95. The number of carbonyl (C=O) groups is 2. The van der Waals surface area contributed by atoms with Crippen LogP contribution in [0, 0.1) is 11.8 Å². The summed E-state index contributed by atoms with van der Waals surface area (Å²) in [4.78, 5) is 26.1. The van der Waals surface area contributed by atoms with Crippen LogP contribution in [0.25, 0.3) is 0 Å². The van der Waals surface area contributed by atoms with Crippen LogP contribution >= 0.6 is 11.6 Å². The molecule has 1 saturated heterocycles. The van der Waals surface area contributed by atoms with Crippen LogP contribution in [0.3, 0.4) is 0 Å². The number of ether oxygens (including phenoxy) is 3. The Bertz CT molecular complexity index is 654. The molecule has 1 fully saturated rings. The first-order valence-electron chi connectivity index (χ1n) is 8.74. The second-order valence-electron chi connectivity index (χ2n) is 6.78. The van der Waals surface area contributed by atoms with E-state index in [9.17, 15) is 9.59 Å². The van der Waals surface area contributed by atoms with Gasteiger partial charge in [-0.2, -0.15) is 0 Å². The molecular weight excluding hydrogens is 358 g/mol. The summed E-state index contributed by atoms with van der Waals surface area (Å²) in [7, 11) is 2.90. The van der Waals surface area contributed by atoms with E-state index < -0.39 is 0 Å². The molecule has 0 saturated carbocycles. The van der Waals surface area contributed by atoms with Crippen molar-refractivity contribution in [3.8, 4) is 11.5 Å². The third kappa shape index (κ3) is 4.81. The molecule has 0 atom stereocenters. The monoisotopic (exact) mass is 383 g/mol. The van der Waals surface area contributed by atoms with Crippen molar-refractivity contribution in [1.29, 1.82) is 0 Å². The maximum absolute atomic E-state index is 12.8. The van der Waals surface area contributed by atoms with E-state index in [4.69, 9.17) is 25.8 Å². The molecule has 1 amide bonds. The van der Waals surface area contributed by atoms with E-state index in [1.54, 1.807) is 17.0 Å². The molecule has 1 aliphatic heterocycles. The zero-order chi connectivity index (χ0) is 19.3. The fourth-order valence-corrected chi connectivity index (χ4v) is 3.17. The molecule has 1 heterocycles. The Morgan fingerprint density at radius 1 is 1.23 bits per heavy atom. The third-order valence-corrected chi connectivity index (χ3v) is 4.63. The van der Waals surface area contributed by atoms with Crippen LogP contribution in [-0.4, -0.2) is 50.7 Å². The molecule has 1 aromatic carbocycles. The van der Waals surface area contributed by atoms with Crippen molar-refractivity contribution in [1.82, 2.24) is 4.90 Å². The molecule has 0 bridgehead atoms. The molecule has 2 rings (SSSR count). The lowest BCUT2D eigenvalue weighted by Gasteiger charge is -2.31. The van der Waals surface area contributed by atoms with Gasteiger partial charge in [-0.15, -0.1) is 0 Å². The van der Waals surface area contributed by atoms with Gasteiger partial charge in [0, 0.05) is 18.7 Å². The number of carbonyl (C=O) groups excluding carboxylic acids is 2. The van der Waals surface area contributed by atoms with E-state index in [0.29, 0.717) is 60.5 Å². The number of methoxy groups -OCH3 is 2. The summed E-state index contributed by atoms with van der Waals surface area (Å²) in [5, 5.41) is 0.345. The van der Waals surface area contributed by atoms with Gasteiger partial charge in [0.15, 0.2) is 11.5 Å². The number of esters is 1. The maximum atomic E-state index is 12.8. The molecule has 0 aromatic heterocycles. The van der Waals surface area contributed by atoms with Crippen molar-refractivity contribution in [3.05, 3.63) is 22.7 Å². The van der Waals surface area contributed by atoms with E-state index in [2.05, 4.69) is 0 Å². The summed E-state index contributed by atoms with van der Waals surface area (Å²) < 4.78 is 15.9. The van der Waals surface area contributed by atoms with Gasteiger partial charge in [-0.05, 0) is 30.9 Å². The van der Waals surface area contributed by atoms with Crippen LogP contribution in [0.15, 0.2) is 12.1 Å². The molecule has 0 unspecified atom stereocenters. The standard InChI is InChI=1S/C19H26ClNO5/c1-12(2)11-26-17-15(20)9-14(10-16(17)24-3)18(22)21-7-5-13(6-8-21)19(23)25-4/h9-10,12-13H,5-8,11H2,1-4H3. The zero-order valence-electron chi connectivity index (χ0n) is 15.7. The SMILES string of the molecule is COC(=O)C1CCN(C(=O)c2cc(Cl)c(OCC(C)C)c(OC)c2)CC1. The molecular formula is C19H26ClNO5. The molecule has 0 N–H and O–H groups in total. The van der Waals surface area contributed by atoms with Crippen molar-refractivity contribution in [3.63, 3.8) is 0 Å². The molecule has 1 aromatic rings.